The van der Waals surface area contributed by atoms with Gasteiger partial charge in [0.25, 0.3) is 0 Å². The Morgan fingerprint density at radius 3 is 1.08 bits per heavy atom. The highest BCUT2D eigenvalue weighted by Gasteiger charge is 2.02. The van der Waals surface area contributed by atoms with E-state index in [9.17, 15) is 0 Å². The summed E-state index contributed by atoms with van der Waals surface area (Å²) in [5.41, 5.74) is 3.87. The Hall–Kier alpha value is -1.40. The molecule has 0 heteroatoms. The Labute approximate surface area is 75.4 Å². The van der Waals surface area contributed by atoms with E-state index in [4.69, 9.17) is 12.8 Å². The van der Waals surface area contributed by atoms with Crippen LogP contribution in [0, 0.1) is 24.7 Å². The second kappa shape index (κ2) is 4.47. The van der Waals surface area contributed by atoms with Crippen molar-refractivity contribution in [3.63, 3.8) is 0 Å². The predicted molar refractivity (Wildman–Crippen MR) is 54.4 cm³/mol. The highest BCUT2D eigenvalue weighted by molar-refractivity contribution is 5.56. The predicted octanol–water partition coefficient (Wildman–Crippen LogP) is 2.93. The summed E-state index contributed by atoms with van der Waals surface area (Å²) in [5.74, 6) is 5.23. The van der Waals surface area contributed by atoms with E-state index in [1.807, 2.05) is 27.7 Å². The summed E-state index contributed by atoms with van der Waals surface area (Å²) in [5, 5.41) is 0. The van der Waals surface area contributed by atoms with E-state index in [0.717, 1.165) is 22.3 Å². The summed E-state index contributed by atoms with van der Waals surface area (Å²) < 4.78 is 0. The minimum Gasteiger partial charge on any atom is -0.115 e. The van der Waals surface area contributed by atoms with E-state index in [2.05, 4.69) is 11.8 Å². The quantitative estimate of drug-likeness (QED) is 0.406. The van der Waals surface area contributed by atoms with Gasteiger partial charge in [-0.1, -0.05) is 23.0 Å². The largest absolute Gasteiger partial charge is 0.115 e. The second-order valence-electron chi connectivity index (χ2n) is 3.04. The van der Waals surface area contributed by atoms with Crippen LogP contribution >= 0.6 is 0 Å². The van der Waals surface area contributed by atoms with Gasteiger partial charge in [0.2, 0.25) is 0 Å². The Morgan fingerprint density at radius 2 is 1.00 bits per heavy atom. The lowest BCUT2D eigenvalue weighted by atomic mass is 9.99. The summed E-state index contributed by atoms with van der Waals surface area (Å²) in [6.45, 7) is 7.87. The van der Waals surface area contributed by atoms with Gasteiger partial charge in [-0.25, -0.2) is 0 Å². The molecule has 0 nitrogen and oxygen atoms in total. The average molecular weight is 158 g/mol. The molecule has 0 heterocycles. The number of rotatable bonds is 1. The van der Waals surface area contributed by atoms with Crippen molar-refractivity contribution in [1.29, 1.82) is 0 Å². The molecule has 0 rings (SSSR count). The van der Waals surface area contributed by atoms with Gasteiger partial charge in [0, 0.05) is 11.1 Å². The molecule has 0 saturated heterocycles. The molecule has 0 bridgehead atoms. The maximum absolute atomic E-state index is 5.35. The maximum Gasteiger partial charge on any atom is 0.0384 e. The molecule has 0 aromatic heterocycles. The second-order valence-corrected chi connectivity index (χ2v) is 3.04. The Kier molecular flexibility index (Phi) is 3.95. The van der Waals surface area contributed by atoms with Crippen LogP contribution < -0.4 is 0 Å². The van der Waals surface area contributed by atoms with E-state index >= 15 is 0 Å². The van der Waals surface area contributed by atoms with Gasteiger partial charge in [0.1, 0.15) is 0 Å². The Balaban J connectivity index is 5.36. The van der Waals surface area contributed by atoms with Gasteiger partial charge in [-0.3, -0.25) is 0 Å². The molecule has 0 atom stereocenters. The van der Waals surface area contributed by atoms with Crippen LogP contribution in [0.15, 0.2) is 22.3 Å². The Morgan fingerprint density at radius 1 is 0.750 bits per heavy atom. The van der Waals surface area contributed by atoms with Crippen molar-refractivity contribution in [2.45, 2.75) is 27.7 Å². The van der Waals surface area contributed by atoms with Gasteiger partial charge in [0.15, 0.2) is 0 Å². The first-order valence-electron chi connectivity index (χ1n) is 3.83. The third kappa shape index (κ3) is 2.33. The molecule has 0 aliphatic heterocycles. The van der Waals surface area contributed by atoms with Crippen LogP contribution in [0.1, 0.15) is 27.7 Å². The summed E-state index contributed by atoms with van der Waals surface area (Å²) in [7, 11) is 0. The van der Waals surface area contributed by atoms with Crippen molar-refractivity contribution in [3.05, 3.63) is 22.3 Å². The lowest BCUT2D eigenvalue weighted by molar-refractivity contribution is 1.28. The summed E-state index contributed by atoms with van der Waals surface area (Å²) >= 11 is 0. The van der Waals surface area contributed by atoms with E-state index in [1.165, 1.54) is 0 Å². The average Bonchev–Trinajstić information content (AvgIpc) is 1.98. The molecule has 0 radical (unpaired) electrons. The normalized spacial score (nSPS) is 7.83. The van der Waals surface area contributed by atoms with Crippen molar-refractivity contribution in [2.75, 3.05) is 0 Å². The maximum atomic E-state index is 5.35. The molecule has 0 aliphatic rings. The number of hydrogen-bond donors (Lipinski definition) is 0. The zero-order valence-corrected chi connectivity index (χ0v) is 8.15. The van der Waals surface area contributed by atoms with Crippen LogP contribution in [-0.4, -0.2) is 0 Å². The standard InChI is InChI=1S/C12H14/c1-7-11(9(3)4)12(8-2)10(5)6/h1-2H,3-6H3. The van der Waals surface area contributed by atoms with E-state index < -0.39 is 0 Å². The van der Waals surface area contributed by atoms with E-state index in [1.54, 1.807) is 0 Å². The van der Waals surface area contributed by atoms with Gasteiger partial charge >= 0.3 is 0 Å². The zero-order valence-electron chi connectivity index (χ0n) is 8.15. The summed E-state index contributed by atoms with van der Waals surface area (Å²) in [6.07, 6.45) is 10.7. The minimum atomic E-state index is 0.845. The number of allylic oxidation sites excluding steroid dienone is 4. The van der Waals surface area contributed by atoms with Crippen LogP contribution in [0.2, 0.25) is 0 Å². The van der Waals surface area contributed by atoms with Crippen LogP contribution in [0.25, 0.3) is 0 Å². The fourth-order valence-corrected chi connectivity index (χ4v) is 0.933. The fourth-order valence-electron chi connectivity index (χ4n) is 0.933. The van der Waals surface area contributed by atoms with Crippen LogP contribution in [0.4, 0.5) is 0 Å². The number of terminal acetylenes is 2. The van der Waals surface area contributed by atoms with Crippen LogP contribution in [-0.2, 0) is 0 Å². The first-order valence-corrected chi connectivity index (χ1v) is 3.83. The topological polar surface area (TPSA) is 0 Å². The number of hydrogen-bond acceptors (Lipinski definition) is 0. The first kappa shape index (κ1) is 10.6. The molecule has 0 aliphatic carbocycles. The molecule has 12 heavy (non-hydrogen) atoms. The molecule has 62 valence electrons. The van der Waals surface area contributed by atoms with Crippen molar-refractivity contribution < 1.29 is 0 Å². The molecule has 0 fully saturated rings. The van der Waals surface area contributed by atoms with Gasteiger partial charge in [-0.15, -0.1) is 12.8 Å². The summed E-state index contributed by atoms with van der Waals surface area (Å²) in [4.78, 5) is 0. The molecule has 0 aromatic carbocycles. The third-order valence-electron chi connectivity index (χ3n) is 1.54. The Bertz CT molecular complexity index is 269. The molecule has 0 aromatic rings. The van der Waals surface area contributed by atoms with Crippen molar-refractivity contribution in [3.8, 4) is 24.7 Å². The smallest absolute Gasteiger partial charge is 0.0384 e. The fraction of sp³-hybridized carbons (Fsp3) is 0.333. The highest BCUT2D eigenvalue weighted by Crippen LogP contribution is 2.16. The monoisotopic (exact) mass is 158 g/mol. The molecule has 0 unspecified atom stereocenters. The molecule has 0 saturated carbocycles. The first-order chi connectivity index (χ1) is 5.54. The van der Waals surface area contributed by atoms with Gasteiger partial charge in [-0.05, 0) is 27.7 Å². The van der Waals surface area contributed by atoms with Crippen molar-refractivity contribution >= 4 is 0 Å². The molecule has 0 spiro atoms. The molecular formula is C12H14. The van der Waals surface area contributed by atoms with Crippen LogP contribution in [0.5, 0.6) is 0 Å². The van der Waals surface area contributed by atoms with Gasteiger partial charge in [-0.2, -0.15) is 0 Å². The van der Waals surface area contributed by atoms with E-state index in [-0.39, 0.29) is 0 Å². The SMILES string of the molecule is C#CC(=C(C)C)C(C#C)=C(C)C. The lowest BCUT2D eigenvalue weighted by Gasteiger charge is -2.03. The van der Waals surface area contributed by atoms with Gasteiger partial charge in [0.05, 0.1) is 0 Å². The molecule has 0 amide bonds. The highest BCUT2D eigenvalue weighted by atomic mass is 14.0. The third-order valence-corrected chi connectivity index (χ3v) is 1.54. The minimum absolute atomic E-state index is 0.845. The van der Waals surface area contributed by atoms with Crippen LogP contribution in [0.3, 0.4) is 0 Å². The summed E-state index contributed by atoms with van der Waals surface area (Å²) in [6, 6.07) is 0. The molecule has 0 N–H and O–H groups in total. The van der Waals surface area contributed by atoms with Crippen molar-refractivity contribution in [1.82, 2.24) is 0 Å². The van der Waals surface area contributed by atoms with E-state index in [0.29, 0.717) is 0 Å². The lowest BCUT2D eigenvalue weighted by Crippen LogP contribution is -1.89. The molecular weight excluding hydrogens is 144 g/mol. The van der Waals surface area contributed by atoms with Crippen molar-refractivity contribution in [2.24, 2.45) is 0 Å². The van der Waals surface area contributed by atoms with Gasteiger partial charge < -0.3 is 0 Å². The zero-order chi connectivity index (χ0) is 9.72.